The molecule has 1 fully saturated rings. The van der Waals surface area contributed by atoms with Gasteiger partial charge in [-0.25, -0.2) is 0 Å². The largest absolute Gasteiger partial charge is 0.494 e. The molecule has 0 spiro atoms. The van der Waals surface area contributed by atoms with Gasteiger partial charge < -0.3 is 20.1 Å². The van der Waals surface area contributed by atoms with Gasteiger partial charge in [0.15, 0.2) is 0 Å². The first kappa shape index (κ1) is 22.7. The lowest BCUT2D eigenvalue weighted by atomic mass is 9.81. The Morgan fingerprint density at radius 2 is 1.88 bits per heavy atom. The highest BCUT2D eigenvalue weighted by Gasteiger charge is 2.26. The van der Waals surface area contributed by atoms with Gasteiger partial charge in [-0.2, -0.15) is 0 Å². The lowest BCUT2D eigenvalue weighted by Gasteiger charge is -2.34. The Hall–Kier alpha value is -1.30. The van der Waals surface area contributed by atoms with Crippen LogP contribution in [0.4, 0.5) is 0 Å². The van der Waals surface area contributed by atoms with Gasteiger partial charge in [0.2, 0.25) is 5.91 Å². The molecular weight excluding hydrogens is 352 g/mol. The fraction of sp³-hybridized carbons (Fsp3) is 0.650. The van der Waals surface area contributed by atoms with Crippen molar-refractivity contribution in [3.8, 4) is 5.75 Å². The normalized spacial score (nSPS) is 15.8. The van der Waals surface area contributed by atoms with Gasteiger partial charge in [0.1, 0.15) is 5.75 Å². The molecule has 148 valence electrons. The second-order valence-electron chi connectivity index (χ2n) is 7.18. The number of halogens is 1. The summed E-state index contributed by atoms with van der Waals surface area (Å²) in [5.74, 6) is 0.974. The third-order valence-electron chi connectivity index (χ3n) is 4.86. The Kier molecular flexibility index (Phi) is 10.6. The van der Waals surface area contributed by atoms with Crippen molar-refractivity contribution in [1.29, 1.82) is 0 Å². The summed E-state index contributed by atoms with van der Waals surface area (Å²) in [6, 6.07) is 8.06. The van der Waals surface area contributed by atoms with Gasteiger partial charge in [-0.15, -0.1) is 12.4 Å². The van der Waals surface area contributed by atoms with Crippen molar-refractivity contribution in [1.82, 2.24) is 10.6 Å². The van der Waals surface area contributed by atoms with E-state index < -0.39 is 0 Å². The molecule has 0 aromatic heterocycles. The predicted octanol–water partition coefficient (Wildman–Crippen LogP) is 2.96. The van der Waals surface area contributed by atoms with Crippen LogP contribution >= 0.6 is 12.4 Å². The maximum atomic E-state index is 12.0. The zero-order chi connectivity index (χ0) is 18.0. The van der Waals surface area contributed by atoms with Crippen LogP contribution in [0.5, 0.6) is 5.75 Å². The molecule has 0 atom stereocenters. The van der Waals surface area contributed by atoms with E-state index in [9.17, 15) is 4.79 Å². The van der Waals surface area contributed by atoms with Gasteiger partial charge in [-0.1, -0.05) is 19.1 Å². The molecule has 1 aliphatic heterocycles. The van der Waals surface area contributed by atoms with Crippen molar-refractivity contribution in [2.24, 2.45) is 5.41 Å². The highest BCUT2D eigenvalue weighted by atomic mass is 35.5. The van der Waals surface area contributed by atoms with E-state index >= 15 is 0 Å². The molecule has 0 saturated carbocycles. The first-order valence-electron chi connectivity index (χ1n) is 9.29. The van der Waals surface area contributed by atoms with Gasteiger partial charge in [-0.05, 0) is 61.9 Å². The third-order valence-corrected chi connectivity index (χ3v) is 4.86. The molecule has 0 unspecified atom stereocenters. The molecule has 1 aliphatic rings. The molecule has 1 saturated heterocycles. The van der Waals surface area contributed by atoms with Crippen LogP contribution < -0.4 is 15.4 Å². The third kappa shape index (κ3) is 8.39. The second-order valence-corrected chi connectivity index (χ2v) is 7.18. The minimum absolute atomic E-state index is 0. The molecule has 5 nitrogen and oxygen atoms in total. The zero-order valence-electron chi connectivity index (χ0n) is 16.0. The van der Waals surface area contributed by atoms with Gasteiger partial charge in [0, 0.05) is 20.1 Å². The van der Waals surface area contributed by atoms with E-state index in [4.69, 9.17) is 9.47 Å². The SMILES string of the molecule is COCCc1ccc(OCCCC(=O)NCC2(C)CCNCC2)cc1.Cl. The summed E-state index contributed by atoms with van der Waals surface area (Å²) in [5.41, 5.74) is 1.47. The van der Waals surface area contributed by atoms with Gasteiger partial charge >= 0.3 is 0 Å². The highest BCUT2D eigenvalue weighted by molar-refractivity contribution is 5.85. The monoisotopic (exact) mass is 384 g/mol. The van der Waals surface area contributed by atoms with Crippen LogP contribution in [0.15, 0.2) is 24.3 Å². The Morgan fingerprint density at radius 3 is 2.54 bits per heavy atom. The molecule has 6 heteroatoms. The number of hydrogen-bond acceptors (Lipinski definition) is 4. The lowest BCUT2D eigenvalue weighted by molar-refractivity contribution is -0.121. The summed E-state index contributed by atoms with van der Waals surface area (Å²) >= 11 is 0. The van der Waals surface area contributed by atoms with Gasteiger partial charge in [0.05, 0.1) is 13.2 Å². The summed E-state index contributed by atoms with van der Waals surface area (Å²) in [5, 5.41) is 6.45. The standard InChI is InChI=1S/C20H32N2O3.ClH/c1-20(10-12-21-13-11-20)16-22-19(23)4-3-14-25-18-7-5-17(6-8-18)9-15-24-2;/h5-8,21H,3-4,9-16H2,1-2H3,(H,22,23);1H. The molecule has 2 N–H and O–H groups in total. The van der Waals surface area contributed by atoms with Crippen LogP contribution in [0.3, 0.4) is 0 Å². The van der Waals surface area contributed by atoms with E-state index in [-0.39, 0.29) is 23.7 Å². The number of benzene rings is 1. The van der Waals surface area contributed by atoms with E-state index in [1.165, 1.54) is 5.56 Å². The zero-order valence-corrected chi connectivity index (χ0v) is 16.8. The van der Waals surface area contributed by atoms with Crippen molar-refractivity contribution < 1.29 is 14.3 Å². The van der Waals surface area contributed by atoms with Crippen LogP contribution in [-0.4, -0.2) is 45.9 Å². The fourth-order valence-electron chi connectivity index (χ4n) is 3.00. The van der Waals surface area contributed by atoms with Gasteiger partial charge in [-0.3, -0.25) is 4.79 Å². The quantitative estimate of drug-likeness (QED) is 0.609. The maximum Gasteiger partial charge on any atom is 0.220 e. The molecule has 1 aromatic rings. The summed E-state index contributed by atoms with van der Waals surface area (Å²) in [6.45, 7) is 6.41. The van der Waals surface area contributed by atoms with Crippen LogP contribution in [0.2, 0.25) is 0 Å². The molecular formula is C20H33ClN2O3. The number of ether oxygens (including phenoxy) is 2. The molecule has 0 aliphatic carbocycles. The van der Waals surface area contributed by atoms with Gasteiger partial charge in [0.25, 0.3) is 0 Å². The molecule has 0 bridgehead atoms. The van der Waals surface area contributed by atoms with Crippen LogP contribution in [0.25, 0.3) is 0 Å². The van der Waals surface area contributed by atoms with E-state index in [2.05, 4.69) is 29.7 Å². The molecule has 1 amide bonds. The molecule has 26 heavy (non-hydrogen) atoms. The Morgan fingerprint density at radius 1 is 1.19 bits per heavy atom. The van der Waals surface area contributed by atoms with E-state index in [0.29, 0.717) is 13.0 Å². The fourth-order valence-corrected chi connectivity index (χ4v) is 3.00. The summed E-state index contributed by atoms with van der Waals surface area (Å²) in [4.78, 5) is 12.0. The average molecular weight is 385 g/mol. The topological polar surface area (TPSA) is 59.6 Å². The minimum atomic E-state index is 0. The van der Waals surface area contributed by atoms with Crippen molar-refractivity contribution in [3.63, 3.8) is 0 Å². The second kappa shape index (κ2) is 12.2. The number of piperidine rings is 1. The van der Waals surface area contributed by atoms with Crippen LogP contribution in [0.1, 0.15) is 38.2 Å². The van der Waals surface area contributed by atoms with E-state index in [1.807, 2.05) is 12.1 Å². The number of methoxy groups -OCH3 is 1. The molecule has 0 radical (unpaired) electrons. The smallest absolute Gasteiger partial charge is 0.220 e. The first-order chi connectivity index (χ1) is 12.1. The number of carbonyl (C=O) groups excluding carboxylic acids is 1. The number of hydrogen-bond donors (Lipinski definition) is 2. The van der Waals surface area contributed by atoms with Crippen molar-refractivity contribution in [2.75, 3.05) is 40.0 Å². The van der Waals surface area contributed by atoms with Crippen LogP contribution in [0, 0.1) is 5.41 Å². The van der Waals surface area contributed by atoms with E-state index in [1.54, 1.807) is 7.11 Å². The van der Waals surface area contributed by atoms with Crippen molar-refractivity contribution in [2.45, 2.75) is 39.0 Å². The number of rotatable bonds is 10. The minimum Gasteiger partial charge on any atom is -0.494 e. The lowest BCUT2D eigenvalue weighted by Crippen LogP contribution is -2.42. The maximum absolute atomic E-state index is 12.0. The molecule has 1 aromatic carbocycles. The highest BCUT2D eigenvalue weighted by Crippen LogP contribution is 2.26. The summed E-state index contributed by atoms with van der Waals surface area (Å²) in [7, 11) is 1.71. The Bertz CT molecular complexity index is 516. The number of amides is 1. The molecule has 1 heterocycles. The number of carbonyl (C=O) groups is 1. The summed E-state index contributed by atoms with van der Waals surface area (Å²) < 4.78 is 10.8. The molecule has 2 rings (SSSR count). The average Bonchev–Trinajstić information content (AvgIpc) is 2.63. The summed E-state index contributed by atoms with van der Waals surface area (Å²) in [6.07, 6.45) is 4.40. The number of nitrogens with one attached hydrogen (secondary N) is 2. The predicted molar refractivity (Wildman–Crippen MR) is 107 cm³/mol. The van der Waals surface area contributed by atoms with Crippen molar-refractivity contribution in [3.05, 3.63) is 29.8 Å². The Balaban J connectivity index is 0.00000338. The first-order valence-corrected chi connectivity index (χ1v) is 9.29. The Labute approximate surface area is 163 Å². The van der Waals surface area contributed by atoms with Crippen molar-refractivity contribution >= 4 is 18.3 Å². The van der Waals surface area contributed by atoms with Crippen LogP contribution in [-0.2, 0) is 16.0 Å². The van der Waals surface area contributed by atoms with E-state index in [0.717, 1.165) is 57.7 Å².